The highest BCUT2D eigenvalue weighted by molar-refractivity contribution is 9.09. The molecule has 0 fully saturated rings. The predicted molar refractivity (Wildman–Crippen MR) is 89.7 cm³/mol. The van der Waals surface area contributed by atoms with Crippen molar-refractivity contribution in [3.63, 3.8) is 0 Å². The number of thiol groups is 1. The second-order valence-electron chi connectivity index (χ2n) is 4.74. The van der Waals surface area contributed by atoms with Crippen LogP contribution in [0.3, 0.4) is 0 Å². The van der Waals surface area contributed by atoms with Gasteiger partial charge >= 0.3 is 0 Å². The molecule has 0 aromatic heterocycles. The monoisotopic (exact) mass is 381 g/mol. The molecule has 0 spiro atoms. The zero-order valence-corrected chi connectivity index (χ0v) is 14.9. The van der Waals surface area contributed by atoms with Crippen LogP contribution in [-0.2, 0) is 14.4 Å². The predicted octanol–water partition coefficient (Wildman–Crippen LogP) is 0.607. The number of ketones is 1. The number of rotatable bonds is 11. The Bertz CT molecular complexity index is 356. The molecule has 21 heavy (non-hydrogen) atoms. The van der Waals surface area contributed by atoms with E-state index >= 15 is 0 Å². The first-order chi connectivity index (χ1) is 9.90. The van der Waals surface area contributed by atoms with Crippen LogP contribution >= 0.6 is 28.6 Å². The van der Waals surface area contributed by atoms with E-state index in [1.54, 1.807) is 0 Å². The smallest absolute Gasteiger partial charge is 0.231 e. The van der Waals surface area contributed by atoms with Gasteiger partial charge in [0.1, 0.15) is 5.78 Å². The Morgan fingerprint density at radius 2 is 1.86 bits per heavy atom. The Kier molecular flexibility index (Phi) is 11.7. The van der Waals surface area contributed by atoms with Crippen LogP contribution in [0.15, 0.2) is 0 Å². The lowest BCUT2D eigenvalue weighted by Gasteiger charge is -2.24. The molecular formula is C13H24BrN3O3S. The summed E-state index contributed by atoms with van der Waals surface area (Å²) in [5, 5.41) is 8.85. The number of Topliss-reactive ketones (excluding diaryl/α,β-unsaturated/α-hetero) is 1. The molecule has 6 nitrogen and oxygen atoms in total. The van der Waals surface area contributed by atoms with Gasteiger partial charge in [-0.15, -0.1) is 0 Å². The molecule has 0 bridgehead atoms. The Balaban J connectivity index is 4.28. The Labute approximate surface area is 139 Å². The second-order valence-corrected chi connectivity index (χ2v) is 5.67. The van der Waals surface area contributed by atoms with E-state index in [4.69, 9.17) is 0 Å². The number of alkyl halides is 1. The number of hydrogen-bond donors (Lipinski definition) is 4. The van der Waals surface area contributed by atoms with Crippen LogP contribution in [0.5, 0.6) is 0 Å². The summed E-state index contributed by atoms with van der Waals surface area (Å²) in [4.78, 5) is 33.7. The lowest BCUT2D eigenvalue weighted by atomic mass is 10.1. The number of hydrogen-bond acceptors (Lipinski definition) is 5. The average molecular weight is 382 g/mol. The molecule has 0 heterocycles. The summed E-state index contributed by atoms with van der Waals surface area (Å²) in [7, 11) is 0. The lowest BCUT2D eigenvalue weighted by molar-refractivity contribution is -0.121. The average Bonchev–Trinajstić information content (AvgIpc) is 2.42. The highest BCUT2D eigenvalue weighted by Gasteiger charge is 2.18. The molecule has 0 saturated carbocycles. The first-order valence-corrected chi connectivity index (χ1v) is 8.63. The van der Waals surface area contributed by atoms with Crippen molar-refractivity contribution >= 4 is 46.2 Å². The minimum absolute atomic E-state index is 0.0127. The van der Waals surface area contributed by atoms with E-state index in [9.17, 15) is 14.4 Å². The third-order valence-corrected chi connectivity index (χ3v) is 3.70. The number of nitrogens with one attached hydrogen (secondary N) is 3. The minimum atomic E-state index is -0.385. The van der Waals surface area contributed by atoms with Gasteiger partial charge in [-0.3, -0.25) is 19.7 Å². The van der Waals surface area contributed by atoms with Gasteiger partial charge < -0.3 is 10.6 Å². The van der Waals surface area contributed by atoms with Crippen LogP contribution < -0.4 is 16.0 Å². The van der Waals surface area contributed by atoms with E-state index in [-0.39, 0.29) is 35.1 Å². The van der Waals surface area contributed by atoms with E-state index in [2.05, 4.69) is 44.5 Å². The molecule has 0 aliphatic heterocycles. The molecule has 1 unspecified atom stereocenters. The Hall–Kier alpha value is -0.600. The highest BCUT2D eigenvalue weighted by Crippen LogP contribution is 2.02. The van der Waals surface area contributed by atoms with Crippen LogP contribution in [0, 0.1) is 0 Å². The van der Waals surface area contributed by atoms with Gasteiger partial charge in [-0.1, -0.05) is 15.9 Å². The lowest BCUT2D eigenvalue weighted by Crippen LogP contribution is -2.52. The molecule has 2 atom stereocenters. The van der Waals surface area contributed by atoms with Gasteiger partial charge in [0, 0.05) is 19.2 Å². The molecule has 3 N–H and O–H groups in total. The van der Waals surface area contributed by atoms with E-state index in [1.165, 1.54) is 13.8 Å². The van der Waals surface area contributed by atoms with Gasteiger partial charge in [-0.2, -0.15) is 12.6 Å². The highest BCUT2D eigenvalue weighted by atomic mass is 79.9. The summed E-state index contributed by atoms with van der Waals surface area (Å²) in [6.07, 6.45) is 2.02. The van der Waals surface area contributed by atoms with Crippen molar-refractivity contribution in [1.29, 1.82) is 0 Å². The molecule has 0 aliphatic carbocycles. The maximum atomic E-state index is 11.5. The van der Waals surface area contributed by atoms with Crippen molar-refractivity contribution < 1.29 is 14.4 Å². The number of amides is 2. The summed E-state index contributed by atoms with van der Waals surface area (Å²) in [5.74, 6) is 0.170. The van der Waals surface area contributed by atoms with Crippen LogP contribution in [0.1, 0.15) is 33.1 Å². The maximum Gasteiger partial charge on any atom is 0.231 e. The molecule has 0 radical (unpaired) electrons. The zero-order chi connectivity index (χ0) is 16.3. The molecule has 8 heteroatoms. The van der Waals surface area contributed by atoms with Crippen LogP contribution in [0.2, 0.25) is 0 Å². The molecule has 122 valence electrons. The fourth-order valence-corrected chi connectivity index (χ4v) is 2.23. The van der Waals surface area contributed by atoms with Crippen LogP contribution in [-0.4, -0.2) is 47.4 Å². The quantitative estimate of drug-likeness (QED) is 0.183. The largest absolute Gasteiger partial charge is 0.356 e. The van der Waals surface area contributed by atoms with Gasteiger partial charge in [0.2, 0.25) is 11.8 Å². The van der Waals surface area contributed by atoms with Gasteiger partial charge in [0.15, 0.2) is 0 Å². The minimum Gasteiger partial charge on any atom is -0.356 e. The number of carbonyl (C=O) groups excluding carboxylic acids is 3. The summed E-state index contributed by atoms with van der Waals surface area (Å²) in [5.41, 5.74) is 0. The van der Waals surface area contributed by atoms with Gasteiger partial charge in [-0.05, 0) is 26.2 Å². The van der Waals surface area contributed by atoms with Crippen LogP contribution in [0.25, 0.3) is 0 Å². The van der Waals surface area contributed by atoms with E-state index in [0.29, 0.717) is 18.7 Å². The van der Waals surface area contributed by atoms with Crippen molar-refractivity contribution in [2.75, 3.05) is 17.6 Å². The number of unbranched alkanes of at least 4 members (excludes halogenated alkanes) is 1. The SMILES string of the molecule is CC(=O)NCCCCC(NC(=O)CBr)N[C@@H](CS)C(C)=O. The summed E-state index contributed by atoms with van der Waals surface area (Å²) in [6.45, 7) is 3.58. The van der Waals surface area contributed by atoms with Crippen molar-refractivity contribution in [3.8, 4) is 0 Å². The van der Waals surface area contributed by atoms with Gasteiger partial charge in [0.25, 0.3) is 0 Å². The van der Waals surface area contributed by atoms with Gasteiger partial charge in [0.05, 0.1) is 17.5 Å². The zero-order valence-electron chi connectivity index (χ0n) is 12.4. The van der Waals surface area contributed by atoms with E-state index in [1.807, 2.05) is 0 Å². The first kappa shape index (κ1) is 20.4. The number of carbonyl (C=O) groups is 3. The second kappa shape index (κ2) is 12.0. The van der Waals surface area contributed by atoms with Crippen molar-refractivity contribution in [3.05, 3.63) is 0 Å². The molecule has 0 aromatic carbocycles. The first-order valence-electron chi connectivity index (χ1n) is 6.87. The summed E-state index contributed by atoms with van der Waals surface area (Å²) >= 11 is 7.23. The topological polar surface area (TPSA) is 87.3 Å². The van der Waals surface area contributed by atoms with E-state index < -0.39 is 0 Å². The standard InChI is InChI=1S/C13H24BrN3O3S/c1-9(18)11(8-21)16-12(17-13(20)7-14)5-3-4-6-15-10(2)19/h11-12,16,21H,3-8H2,1-2H3,(H,15,19)(H,17,20)/t11-,12?/m0/s1. The number of halogens is 1. The molecule has 0 aromatic rings. The summed E-state index contributed by atoms with van der Waals surface area (Å²) in [6, 6.07) is -0.385. The normalized spacial score (nSPS) is 13.3. The van der Waals surface area contributed by atoms with Gasteiger partial charge in [-0.25, -0.2) is 0 Å². The molecule has 0 rings (SSSR count). The van der Waals surface area contributed by atoms with E-state index in [0.717, 1.165) is 12.8 Å². The Morgan fingerprint density at radius 1 is 1.19 bits per heavy atom. The molecule has 0 aliphatic rings. The maximum absolute atomic E-state index is 11.5. The molecular weight excluding hydrogens is 358 g/mol. The Morgan fingerprint density at radius 3 is 2.33 bits per heavy atom. The fraction of sp³-hybridized carbons (Fsp3) is 0.769. The molecule has 2 amide bonds. The fourth-order valence-electron chi connectivity index (χ4n) is 1.71. The van der Waals surface area contributed by atoms with Crippen LogP contribution in [0.4, 0.5) is 0 Å². The van der Waals surface area contributed by atoms with Crippen molar-refractivity contribution in [1.82, 2.24) is 16.0 Å². The van der Waals surface area contributed by atoms with Crippen molar-refractivity contribution in [2.45, 2.75) is 45.3 Å². The van der Waals surface area contributed by atoms with Crippen molar-refractivity contribution in [2.24, 2.45) is 0 Å². The third-order valence-electron chi connectivity index (χ3n) is 2.83. The molecule has 0 saturated heterocycles. The third kappa shape index (κ3) is 10.7. The summed E-state index contributed by atoms with van der Waals surface area (Å²) < 4.78 is 0.